The molecule has 0 radical (unpaired) electrons. The molecular weight excluding hydrogens is 426 g/mol. The Morgan fingerprint density at radius 1 is 0.893 bits per heavy atom. The van der Waals surface area contributed by atoms with Gasteiger partial charge in [-0.05, 0) is 63.5 Å². The van der Waals surface area contributed by atoms with E-state index in [9.17, 15) is 8.78 Å². The fraction of sp³-hybridized carbons (Fsp3) is 0.217. The molecule has 0 spiro atoms. The molecule has 5 heteroatoms. The number of hydrogen-bond donors (Lipinski definition) is 0. The molecule has 0 bridgehead atoms. The number of para-hydroxylation sites is 1. The van der Waals surface area contributed by atoms with E-state index in [4.69, 9.17) is 9.47 Å². The normalized spacial score (nSPS) is 11.5. The molecule has 0 saturated carbocycles. The van der Waals surface area contributed by atoms with Crippen molar-refractivity contribution in [2.75, 3.05) is 6.61 Å². The zero-order chi connectivity index (χ0) is 20.1. The molecule has 146 valence electrons. The van der Waals surface area contributed by atoms with Crippen LogP contribution in [-0.4, -0.2) is 6.61 Å². The van der Waals surface area contributed by atoms with Gasteiger partial charge in [-0.3, -0.25) is 0 Å². The van der Waals surface area contributed by atoms with Crippen LogP contribution in [-0.2, 0) is 16.8 Å². The Labute approximate surface area is 172 Å². The van der Waals surface area contributed by atoms with E-state index < -0.39 is 5.82 Å². The molecule has 0 atom stereocenters. The molecule has 0 N–H and O–H groups in total. The zero-order valence-corrected chi connectivity index (χ0v) is 17.3. The van der Waals surface area contributed by atoms with Crippen molar-refractivity contribution in [3.8, 4) is 11.5 Å². The van der Waals surface area contributed by atoms with Gasteiger partial charge < -0.3 is 9.47 Å². The van der Waals surface area contributed by atoms with Crippen molar-refractivity contribution in [2.24, 2.45) is 0 Å². The largest absolute Gasteiger partial charge is 0.454 e. The summed E-state index contributed by atoms with van der Waals surface area (Å²) in [5.74, 6) is 0.0123. The standard InChI is InChI=1S/C23H21BrF2O2/c1-23(2,17-9-11-20(25)19(24)13-17)15-27-14-16-8-10-21(26)22(12-16)28-18-6-4-3-5-7-18/h3-13H,14-15H2,1-2H3. The van der Waals surface area contributed by atoms with Gasteiger partial charge in [0, 0.05) is 5.41 Å². The smallest absolute Gasteiger partial charge is 0.165 e. The molecule has 3 rings (SSSR count). The van der Waals surface area contributed by atoms with E-state index in [1.807, 2.05) is 32.0 Å². The van der Waals surface area contributed by atoms with Gasteiger partial charge in [0.1, 0.15) is 11.6 Å². The number of ether oxygens (including phenoxy) is 2. The van der Waals surface area contributed by atoms with E-state index in [1.54, 1.807) is 36.4 Å². The third-order valence-electron chi connectivity index (χ3n) is 4.40. The Morgan fingerprint density at radius 2 is 1.61 bits per heavy atom. The predicted octanol–water partition coefficient (Wildman–Crippen LogP) is 7.01. The number of rotatable bonds is 7. The van der Waals surface area contributed by atoms with Crippen LogP contribution in [0.4, 0.5) is 8.78 Å². The molecular formula is C23H21BrF2O2. The second kappa shape index (κ2) is 8.84. The van der Waals surface area contributed by atoms with Gasteiger partial charge in [-0.1, -0.05) is 44.2 Å². The summed E-state index contributed by atoms with van der Waals surface area (Å²) in [4.78, 5) is 0. The van der Waals surface area contributed by atoms with Crippen LogP contribution < -0.4 is 4.74 Å². The molecule has 3 aromatic rings. The van der Waals surface area contributed by atoms with Crippen molar-refractivity contribution in [2.45, 2.75) is 25.9 Å². The Balaban J connectivity index is 1.64. The van der Waals surface area contributed by atoms with Gasteiger partial charge >= 0.3 is 0 Å². The van der Waals surface area contributed by atoms with Crippen molar-refractivity contribution in [3.63, 3.8) is 0 Å². The van der Waals surface area contributed by atoms with E-state index in [0.717, 1.165) is 11.1 Å². The van der Waals surface area contributed by atoms with Crippen molar-refractivity contribution in [3.05, 3.63) is 94.0 Å². The minimum absolute atomic E-state index is 0.161. The van der Waals surface area contributed by atoms with Gasteiger partial charge in [-0.2, -0.15) is 0 Å². The van der Waals surface area contributed by atoms with Gasteiger partial charge in [-0.25, -0.2) is 8.78 Å². The third kappa shape index (κ3) is 5.18. The highest BCUT2D eigenvalue weighted by Gasteiger charge is 2.22. The molecule has 0 aromatic heterocycles. The lowest BCUT2D eigenvalue weighted by atomic mass is 9.85. The fourth-order valence-electron chi connectivity index (χ4n) is 2.76. The molecule has 0 saturated heterocycles. The molecule has 28 heavy (non-hydrogen) atoms. The van der Waals surface area contributed by atoms with Crippen LogP contribution in [0.25, 0.3) is 0 Å². The van der Waals surface area contributed by atoms with Crippen molar-refractivity contribution in [1.82, 2.24) is 0 Å². The Kier molecular flexibility index (Phi) is 6.47. The molecule has 0 aliphatic heterocycles. The molecule has 0 unspecified atom stereocenters. The Morgan fingerprint density at radius 3 is 2.32 bits per heavy atom. The van der Waals surface area contributed by atoms with Gasteiger partial charge in [0.15, 0.2) is 11.6 Å². The van der Waals surface area contributed by atoms with E-state index in [1.165, 1.54) is 12.1 Å². The minimum atomic E-state index is -0.427. The summed E-state index contributed by atoms with van der Waals surface area (Å²) in [6.07, 6.45) is 0. The maximum atomic E-state index is 14.1. The highest BCUT2D eigenvalue weighted by Crippen LogP contribution is 2.29. The quantitative estimate of drug-likeness (QED) is 0.388. The topological polar surface area (TPSA) is 18.5 Å². The number of halogens is 3. The Hall–Kier alpha value is -2.24. The molecule has 0 aliphatic carbocycles. The first-order valence-electron chi connectivity index (χ1n) is 8.90. The first-order chi connectivity index (χ1) is 13.3. The molecule has 2 nitrogen and oxygen atoms in total. The van der Waals surface area contributed by atoms with Crippen LogP contribution in [0.1, 0.15) is 25.0 Å². The monoisotopic (exact) mass is 446 g/mol. The lowest BCUT2D eigenvalue weighted by molar-refractivity contribution is 0.0823. The molecule has 3 aromatic carbocycles. The molecule has 0 fully saturated rings. The molecule has 0 amide bonds. The summed E-state index contributed by atoms with van der Waals surface area (Å²) in [5, 5.41) is 0. The summed E-state index contributed by atoms with van der Waals surface area (Å²) in [6, 6.07) is 18.7. The van der Waals surface area contributed by atoms with E-state index >= 15 is 0 Å². The van der Waals surface area contributed by atoms with Gasteiger partial charge in [0.05, 0.1) is 17.7 Å². The zero-order valence-electron chi connectivity index (χ0n) is 15.7. The van der Waals surface area contributed by atoms with Gasteiger partial charge in [0.25, 0.3) is 0 Å². The van der Waals surface area contributed by atoms with Gasteiger partial charge in [-0.15, -0.1) is 0 Å². The second-order valence-corrected chi connectivity index (χ2v) is 8.04. The summed E-state index contributed by atoms with van der Waals surface area (Å²) in [7, 11) is 0. The van der Waals surface area contributed by atoms with Crippen LogP contribution in [0.15, 0.2) is 71.2 Å². The summed E-state index contributed by atoms with van der Waals surface area (Å²) in [6.45, 7) is 4.80. The maximum Gasteiger partial charge on any atom is 0.165 e. The summed E-state index contributed by atoms with van der Waals surface area (Å²) in [5.41, 5.74) is 1.47. The lowest BCUT2D eigenvalue weighted by Gasteiger charge is -2.25. The average molecular weight is 447 g/mol. The van der Waals surface area contributed by atoms with Crippen LogP contribution in [0.5, 0.6) is 11.5 Å². The Bertz CT molecular complexity index is 943. The highest BCUT2D eigenvalue weighted by atomic mass is 79.9. The van der Waals surface area contributed by atoms with Crippen molar-refractivity contribution in [1.29, 1.82) is 0 Å². The van der Waals surface area contributed by atoms with Crippen LogP contribution in [0.2, 0.25) is 0 Å². The fourth-order valence-corrected chi connectivity index (χ4v) is 3.13. The molecule has 0 heterocycles. The summed E-state index contributed by atoms with van der Waals surface area (Å²) < 4.78 is 39.4. The average Bonchev–Trinajstić information content (AvgIpc) is 2.67. The van der Waals surface area contributed by atoms with E-state index in [-0.39, 0.29) is 17.0 Å². The van der Waals surface area contributed by atoms with Gasteiger partial charge in [0.2, 0.25) is 0 Å². The highest BCUT2D eigenvalue weighted by molar-refractivity contribution is 9.10. The van der Waals surface area contributed by atoms with E-state index in [0.29, 0.717) is 23.4 Å². The summed E-state index contributed by atoms with van der Waals surface area (Å²) >= 11 is 3.22. The van der Waals surface area contributed by atoms with Crippen LogP contribution >= 0.6 is 15.9 Å². The first kappa shape index (κ1) is 20.5. The lowest BCUT2D eigenvalue weighted by Crippen LogP contribution is -2.24. The number of benzene rings is 3. The predicted molar refractivity (Wildman–Crippen MR) is 110 cm³/mol. The van der Waals surface area contributed by atoms with Crippen LogP contribution in [0.3, 0.4) is 0 Å². The number of hydrogen-bond acceptors (Lipinski definition) is 2. The van der Waals surface area contributed by atoms with Crippen molar-refractivity contribution >= 4 is 15.9 Å². The molecule has 0 aliphatic rings. The minimum Gasteiger partial charge on any atom is -0.454 e. The van der Waals surface area contributed by atoms with Crippen molar-refractivity contribution < 1.29 is 18.3 Å². The second-order valence-electron chi connectivity index (χ2n) is 7.19. The van der Waals surface area contributed by atoms with Crippen LogP contribution in [0, 0.1) is 11.6 Å². The third-order valence-corrected chi connectivity index (χ3v) is 5.01. The maximum absolute atomic E-state index is 14.1. The van der Waals surface area contributed by atoms with E-state index in [2.05, 4.69) is 15.9 Å². The first-order valence-corrected chi connectivity index (χ1v) is 9.69. The SMILES string of the molecule is CC(C)(COCc1ccc(F)c(Oc2ccccc2)c1)c1ccc(F)c(Br)c1.